The van der Waals surface area contributed by atoms with Crippen molar-refractivity contribution < 1.29 is 14.3 Å². The highest BCUT2D eigenvalue weighted by molar-refractivity contribution is 6.30. The number of ketones is 1. The average Bonchev–Trinajstić information content (AvgIpc) is 3.01. The maximum Gasteiger partial charge on any atom is 0.143 e. The number of Topliss-reactive ketones (excluding diaryl/α,β-unsaturated/α-hetero) is 1. The largest absolute Gasteiger partial charge is 0.496 e. The summed E-state index contributed by atoms with van der Waals surface area (Å²) in [4.78, 5) is 12.4. The van der Waals surface area contributed by atoms with Gasteiger partial charge in [-0.25, -0.2) is 0 Å². The first kappa shape index (κ1) is 12.9. The molecule has 2 saturated heterocycles. The number of fused-ring (bicyclic) bond motifs is 2. The number of methoxy groups -OCH3 is 1. The van der Waals surface area contributed by atoms with Gasteiger partial charge >= 0.3 is 0 Å². The molecule has 1 aromatic carbocycles. The van der Waals surface area contributed by atoms with Gasteiger partial charge in [-0.2, -0.15) is 0 Å². The summed E-state index contributed by atoms with van der Waals surface area (Å²) in [5.41, 5.74) is 0.864. The third kappa shape index (κ3) is 2.49. The lowest BCUT2D eigenvalue weighted by Crippen LogP contribution is -2.26. The molecule has 1 aromatic rings. The molecule has 0 aliphatic carbocycles. The molecule has 0 N–H and O–H groups in total. The summed E-state index contributed by atoms with van der Waals surface area (Å²) in [7, 11) is 1.61. The lowest BCUT2D eigenvalue weighted by molar-refractivity contribution is -0.123. The first-order chi connectivity index (χ1) is 9.17. The molecule has 0 amide bonds. The lowest BCUT2D eigenvalue weighted by atomic mass is 9.84. The van der Waals surface area contributed by atoms with Crippen molar-refractivity contribution in [3.63, 3.8) is 0 Å². The maximum atomic E-state index is 12.4. The quantitative estimate of drug-likeness (QED) is 0.850. The van der Waals surface area contributed by atoms with E-state index < -0.39 is 0 Å². The first-order valence-corrected chi connectivity index (χ1v) is 7.05. The van der Waals surface area contributed by atoms with E-state index in [1.807, 2.05) is 12.1 Å². The van der Waals surface area contributed by atoms with E-state index >= 15 is 0 Å². The van der Waals surface area contributed by atoms with Crippen molar-refractivity contribution >= 4 is 17.4 Å². The summed E-state index contributed by atoms with van der Waals surface area (Å²) < 4.78 is 11.0. The molecule has 102 valence electrons. The van der Waals surface area contributed by atoms with E-state index in [1.165, 1.54) is 0 Å². The molecule has 19 heavy (non-hydrogen) atoms. The number of carbonyl (C=O) groups is 1. The van der Waals surface area contributed by atoms with Crippen molar-refractivity contribution in [2.24, 2.45) is 5.92 Å². The minimum absolute atomic E-state index is 0.0578. The van der Waals surface area contributed by atoms with Crippen LogP contribution in [0.5, 0.6) is 5.75 Å². The fourth-order valence-electron chi connectivity index (χ4n) is 3.18. The summed E-state index contributed by atoms with van der Waals surface area (Å²) in [5.74, 6) is 1.03. The second-order valence-corrected chi connectivity index (χ2v) is 5.75. The predicted octanol–water partition coefficient (Wildman–Crippen LogP) is 3.03. The zero-order valence-corrected chi connectivity index (χ0v) is 11.7. The van der Waals surface area contributed by atoms with E-state index in [1.54, 1.807) is 13.2 Å². The Bertz CT molecular complexity index is 500. The van der Waals surface area contributed by atoms with Gasteiger partial charge in [0.05, 0.1) is 19.3 Å². The second kappa shape index (κ2) is 5.14. The van der Waals surface area contributed by atoms with Gasteiger partial charge in [0.1, 0.15) is 11.5 Å². The highest BCUT2D eigenvalue weighted by Gasteiger charge is 2.44. The van der Waals surface area contributed by atoms with Crippen LogP contribution in [-0.4, -0.2) is 25.1 Å². The molecule has 3 nitrogen and oxygen atoms in total. The summed E-state index contributed by atoms with van der Waals surface area (Å²) in [5, 5.41) is 0.632. The Morgan fingerprint density at radius 3 is 2.95 bits per heavy atom. The molecule has 2 aliphatic heterocycles. The Morgan fingerprint density at radius 2 is 2.32 bits per heavy atom. The van der Waals surface area contributed by atoms with E-state index in [0.717, 1.165) is 30.6 Å². The Kier molecular flexibility index (Phi) is 3.50. The molecule has 0 saturated carbocycles. The monoisotopic (exact) mass is 280 g/mol. The highest BCUT2D eigenvalue weighted by Crippen LogP contribution is 2.40. The number of hydrogen-bond donors (Lipinski definition) is 0. The van der Waals surface area contributed by atoms with Crippen LogP contribution in [0.4, 0.5) is 0 Å². The minimum Gasteiger partial charge on any atom is -0.496 e. The van der Waals surface area contributed by atoms with Crippen LogP contribution in [0.25, 0.3) is 0 Å². The van der Waals surface area contributed by atoms with Crippen molar-refractivity contribution in [3.05, 3.63) is 28.8 Å². The molecule has 2 fully saturated rings. The molecule has 2 aliphatic rings. The summed E-state index contributed by atoms with van der Waals surface area (Å²) in [6.45, 7) is 0. The van der Waals surface area contributed by atoms with Crippen molar-refractivity contribution in [2.75, 3.05) is 7.11 Å². The second-order valence-electron chi connectivity index (χ2n) is 5.32. The van der Waals surface area contributed by atoms with E-state index in [-0.39, 0.29) is 17.8 Å². The molecule has 3 rings (SSSR count). The summed E-state index contributed by atoms with van der Waals surface area (Å²) in [6, 6.07) is 5.39. The maximum absolute atomic E-state index is 12.4. The first-order valence-electron chi connectivity index (χ1n) is 6.68. The average molecular weight is 281 g/mol. The van der Waals surface area contributed by atoms with Crippen LogP contribution in [-0.2, 0) is 16.0 Å². The molecule has 3 atom stereocenters. The van der Waals surface area contributed by atoms with Gasteiger partial charge in [-0.3, -0.25) is 4.79 Å². The standard InChI is InChI=1S/C15H17ClO3/c1-18-14-4-2-10(16)6-9(14)7-13(17)12-8-11-3-5-15(12)19-11/h2,4,6,11-12,15H,3,5,7-8H2,1H3. The number of ether oxygens (including phenoxy) is 2. The lowest BCUT2D eigenvalue weighted by Gasteiger charge is -2.18. The number of rotatable bonds is 4. The normalized spacial score (nSPS) is 28.6. The van der Waals surface area contributed by atoms with Crippen molar-refractivity contribution in [2.45, 2.75) is 37.9 Å². The van der Waals surface area contributed by atoms with E-state index in [4.69, 9.17) is 21.1 Å². The molecule has 3 unspecified atom stereocenters. The summed E-state index contributed by atoms with van der Waals surface area (Å²) >= 11 is 5.99. The predicted molar refractivity (Wildman–Crippen MR) is 72.7 cm³/mol. The smallest absolute Gasteiger partial charge is 0.143 e. The van der Waals surface area contributed by atoms with Crippen molar-refractivity contribution in [1.82, 2.24) is 0 Å². The van der Waals surface area contributed by atoms with Crippen LogP contribution >= 0.6 is 11.6 Å². The van der Waals surface area contributed by atoms with Crippen molar-refractivity contribution in [1.29, 1.82) is 0 Å². The summed E-state index contributed by atoms with van der Waals surface area (Å²) in [6.07, 6.45) is 3.83. The van der Waals surface area contributed by atoms with Gasteiger partial charge in [-0.1, -0.05) is 11.6 Å². The van der Waals surface area contributed by atoms with Crippen LogP contribution in [0.2, 0.25) is 5.02 Å². The van der Waals surface area contributed by atoms with Crippen LogP contribution < -0.4 is 4.74 Å². The zero-order chi connectivity index (χ0) is 13.4. The van der Waals surface area contributed by atoms with Crippen molar-refractivity contribution in [3.8, 4) is 5.75 Å². The molecule has 0 radical (unpaired) electrons. The van der Waals surface area contributed by atoms with Gasteiger partial charge in [0.25, 0.3) is 0 Å². The van der Waals surface area contributed by atoms with Crippen LogP contribution in [0.15, 0.2) is 18.2 Å². The molecule has 2 heterocycles. The minimum atomic E-state index is 0.0578. The zero-order valence-electron chi connectivity index (χ0n) is 10.9. The third-order valence-electron chi connectivity index (χ3n) is 4.13. The van der Waals surface area contributed by atoms with Crippen LogP contribution in [0.3, 0.4) is 0 Å². The number of hydrogen-bond acceptors (Lipinski definition) is 3. The molecule has 4 heteroatoms. The fourth-order valence-corrected chi connectivity index (χ4v) is 3.38. The van der Waals surface area contributed by atoms with Gasteiger partial charge in [-0.15, -0.1) is 0 Å². The van der Waals surface area contributed by atoms with Gasteiger partial charge in [0.15, 0.2) is 0 Å². The topological polar surface area (TPSA) is 35.5 Å². The van der Waals surface area contributed by atoms with E-state index in [2.05, 4.69) is 0 Å². The number of benzene rings is 1. The molecule has 0 aromatic heterocycles. The molecule has 0 spiro atoms. The molecule has 2 bridgehead atoms. The Balaban J connectivity index is 1.74. The van der Waals surface area contributed by atoms with Crippen LogP contribution in [0.1, 0.15) is 24.8 Å². The number of halogens is 1. The fraction of sp³-hybridized carbons (Fsp3) is 0.533. The number of carbonyl (C=O) groups excluding carboxylic acids is 1. The van der Waals surface area contributed by atoms with E-state index in [0.29, 0.717) is 17.5 Å². The third-order valence-corrected chi connectivity index (χ3v) is 4.36. The molecular weight excluding hydrogens is 264 g/mol. The molecular formula is C15H17ClO3. The van der Waals surface area contributed by atoms with E-state index in [9.17, 15) is 4.79 Å². The van der Waals surface area contributed by atoms with Gasteiger partial charge in [0, 0.05) is 22.9 Å². The van der Waals surface area contributed by atoms with Gasteiger partial charge in [-0.05, 0) is 37.5 Å². The van der Waals surface area contributed by atoms with Crippen LogP contribution in [0, 0.1) is 5.92 Å². The Morgan fingerprint density at radius 1 is 1.47 bits per heavy atom. The highest BCUT2D eigenvalue weighted by atomic mass is 35.5. The SMILES string of the molecule is COc1ccc(Cl)cc1CC(=O)C1CC2CCC1O2. The Labute approximate surface area is 117 Å². The van der Waals surface area contributed by atoms with Gasteiger partial charge < -0.3 is 9.47 Å². The van der Waals surface area contributed by atoms with Gasteiger partial charge in [0.2, 0.25) is 0 Å². The Hall–Kier alpha value is -1.06.